The molecule has 1 amide bonds. The van der Waals surface area contributed by atoms with Gasteiger partial charge in [0.25, 0.3) is 5.91 Å². The number of amides is 1. The van der Waals surface area contributed by atoms with Gasteiger partial charge in [0.1, 0.15) is 11.5 Å². The van der Waals surface area contributed by atoms with Gasteiger partial charge in [-0.3, -0.25) is 9.59 Å². The summed E-state index contributed by atoms with van der Waals surface area (Å²) in [5, 5.41) is 9.89. The van der Waals surface area contributed by atoms with Crippen LogP contribution in [0.5, 0.6) is 11.5 Å². The van der Waals surface area contributed by atoms with E-state index in [-0.39, 0.29) is 11.7 Å². The molecular weight excluding hydrogens is 406 g/mol. The lowest BCUT2D eigenvalue weighted by molar-refractivity contribution is -0.157. The molecule has 6 nitrogen and oxygen atoms in total. The van der Waals surface area contributed by atoms with Crippen molar-refractivity contribution in [2.45, 2.75) is 109 Å². The first-order valence-corrected chi connectivity index (χ1v) is 12.4. The maximum absolute atomic E-state index is 11.8. The van der Waals surface area contributed by atoms with Crippen molar-refractivity contribution in [3.8, 4) is 11.5 Å². The first-order chi connectivity index (χ1) is 15.4. The van der Waals surface area contributed by atoms with E-state index in [4.69, 9.17) is 15.2 Å². The predicted octanol–water partition coefficient (Wildman–Crippen LogP) is 5.58. The normalized spacial score (nSPS) is 14.2. The lowest BCUT2D eigenvalue weighted by Gasteiger charge is -2.12. The van der Waals surface area contributed by atoms with Crippen molar-refractivity contribution in [3.63, 3.8) is 0 Å². The highest BCUT2D eigenvalue weighted by molar-refractivity contribution is 5.89. The minimum Gasteiger partial charge on any atom is -0.508 e. The number of hydrogen-bond donors (Lipinski definition) is 2. The molecule has 0 radical (unpaired) electrons. The van der Waals surface area contributed by atoms with Gasteiger partial charge in [0.15, 0.2) is 5.60 Å². The smallest absolute Gasteiger partial charge is 0.306 e. The summed E-state index contributed by atoms with van der Waals surface area (Å²) in [5.41, 5.74) is 5.41. The van der Waals surface area contributed by atoms with E-state index in [9.17, 15) is 14.7 Å². The third-order valence-corrected chi connectivity index (χ3v) is 6.03. The SMILES string of the molecule is CCCCCc1cc(O)cc(OCCCCCCCCCCC(=O)OC2(C(N)=O)CC2)c1. The van der Waals surface area contributed by atoms with Gasteiger partial charge in [-0.2, -0.15) is 0 Å². The van der Waals surface area contributed by atoms with Gasteiger partial charge in [-0.15, -0.1) is 0 Å². The van der Waals surface area contributed by atoms with Crippen LogP contribution in [0.2, 0.25) is 0 Å². The number of aromatic hydroxyl groups is 1. The van der Waals surface area contributed by atoms with Crippen LogP contribution >= 0.6 is 0 Å². The molecule has 1 aromatic carbocycles. The summed E-state index contributed by atoms with van der Waals surface area (Å²) in [6, 6.07) is 5.57. The summed E-state index contributed by atoms with van der Waals surface area (Å²) >= 11 is 0. The summed E-state index contributed by atoms with van der Waals surface area (Å²) in [4.78, 5) is 23.0. The Bertz CT molecular complexity index is 714. The maximum Gasteiger partial charge on any atom is 0.306 e. The molecule has 6 heteroatoms. The molecule has 0 aromatic heterocycles. The molecule has 1 saturated carbocycles. The quantitative estimate of drug-likeness (QED) is 0.226. The average Bonchev–Trinajstić information content (AvgIpc) is 3.52. The van der Waals surface area contributed by atoms with E-state index in [1.807, 2.05) is 12.1 Å². The second kappa shape index (κ2) is 14.0. The third-order valence-electron chi connectivity index (χ3n) is 6.03. The van der Waals surface area contributed by atoms with Crippen molar-refractivity contribution in [1.29, 1.82) is 0 Å². The number of unbranched alkanes of at least 4 members (excludes halogenated alkanes) is 9. The number of esters is 1. The number of hydrogen-bond acceptors (Lipinski definition) is 5. The zero-order valence-corrected chi connectivity index (χ0v) is 19.7. The van der Waals surface area contributed by atoms with Crippen molar-refractivity contribution < 1.29 is 24.2 Å². The number of carbonyl (C=O) groups excluding carboxylic acids is 2. The van der Waals surface area contributed by atoms with Gasteiger partial charge in [0, 0.05) is 25.3 Å². The molecule has 0 atom stereocenters. The topological polar surface area (TPSA) is 98.8 Å². The number of primary amides is 1. The molecule has 32 heavy (non-hydrogen) atoms. The Morgan fingerprint density at radius 2 is 1.59 bits per heavy atom. The third kappa shape index (κ3) is 9.92. The van der Waals surface area contributed by atoms with Crippen LogP contribution in [0.1, 0.15) is 102 Å². The van der Waals surface area contributed by atoms with Crippen molar-refractivity contribution in [3.05, 3.63) is 23.8 Å². The first-order valence-electron chi connectivity index (χ1n) is 12.4. The van der Waals surface area contributed by atoms with Crippen molar-refractivity contribution in [2.75, 3.05) is 6.61 Å². The van der Waals surface area contributed by atoms with Crippen LogP contribution in [0.25, 0.3) is 0 Å². The van der Waals surface area contributed by atoms with E-state index in [2.05, 4.69) is 6.92 Å². The summed E-state index contributed by atoms with van der Waals surface area (Å²) in [7, 11) is 0. The molecule has 1 aliphatic rings. The lowest BCUT2D eigenvalue weighted by Crippen LogP contribution is -2.35. The van der Waals surface area contributed by atoms with Crippen LogP contribution in [0, 0.1) is 0 Å². The first kappa shape index (κ1) is 26.0. The Morgan fingerprint density at radius 3 is 2.22 bits per heavy atom. The second-order valence-electron chi connectivity index (χ2n) is 9.05. The molecule has 0 heterocycles. The predicted molar refractivity (Wildman–Crippen MR) is 126 cm³/mol. The van der Waals surface area contributed by atoms with E-state index in [1.54, 1.807) is 6.07 Å². The molecular formula is C26H41NO5. The minimum absolute atomic E-state index is 0.280. The number of aryl methyl sites for hydroxylation is 1. The molecule has 3 N–H and O–H groups in total. The van der Waals surface area contributed by atoms with E-state index in [1.165, 1.54) is 25.7 Å². The number of phenols is 1. The fourth-order valence-electron chi connectivity index (χ4n) is 3.85. The molecule has 0 saturated heterocycles. The molecule has 1 fully saturated rings. The molecule has 0 unspecified atom stereocenters. The van der Waals surface area contributed by atoms with Gasteiger partial charge in [0.2, 0.25) is 0 Å². The zero-order chi connectivity index (χ0) is 23.2. The summed E-state index contributed by atoms with van der Waals surface area (Å²) in [5.74, 6) is 0.215. The van der Waals surface area contributed by atoms with Crippen molar-refractivity contribution in [1.82, 2.24) is 0 Å². The van der Waals surface area contributed by atoms with Crippen molar-refractivity contribution in [2.24, 2.45) is 5.73 Å². The zero-order valence-electron chi connectivity index (χ0n) is 19.7. The van der Waals surface area contributed by atoms with Crippen LogP contribution in [0.15, 0.2) is 18.2 Å². The van der Waals surface area contributed by atoms with Gasteiger partial charge in [-0.05, 0) is 43.4 Å². The molecule has 0 bridgehead atoms. The summed E-state index contributed by atoms with van der Waals surface area (Å²) < 4.78 is 11.1. The van der Waals surface area contributed by atoms with Gasteiger partial charge >= 0.3 is 5.97 Å². The van der Waals surface area contributed by atoms with Crippen LogP contribution < -0.4 is 10.5 Å². The van der Waals surface area contributed by atoms with Crippen LogP contribution in [-0.2, 0) is 20.7 Å². The largest absolute Gasteiger partial charge is 0.508 e. The van der Waals surface area contributed by atoms with Crippen molar-refractivity contribution >= 4 is 11.9 Å². The Kier molecular flexibility index (Phi) is 11.4. The molecule has 2 rings (SSSR count). The minimum atomic E-state index is -0.987. The lowest BCUT2D eigenvalue weighted by atomic mass is 10.1. The molecule has 0 aliphatic heterocycles. The highest BCUT2D eigenvalue weighted by Gasteiger charge is 2.52. The Balaban J connectivity index is 1.43. The van der Waals surface area contributed by atoms with E-state index >= 15 is 0 Å². The summed E-state index contributed by atoms with van der Waals surface area (Å²) in [6.07, 6.45) is 14.6. The molecule has 180 valence electrons. The molecule has 1 aromatic rings. The highest BCUT2D eigenvalue weighted by atomic mass is 16.6. The van der Waals surface area contributed by atoms with Gasteiger partial charge in [-0.25, -0.2) is 0 Å². The summed E-state index contributed by atoms with van der Waals surface area (Å²) in [6.45, 7) is 2.86. The highest BCUT2D eigenvalue weighted by Crippen LogP contribution is 2.39. The number of carbonyl (C=O) groups is 2. The molecule has 1 aliphatic carbocycles. The van der Waals surface area contributed by atoms with Crippen LogP contribution in [-0.4, -0.2) is 29.2 Å². The number of ether oxygens (including phenoxy) is 2. The standard InChI is InChI=1S/C26H41NO5/c1-2-3-10-13-21-18-22(28)20-23(19-21)31-17-12-9-7-5-4-6-8-11-14-24(29)32-26(15-16-26)25(27)30/h18-20,28H,2-17H2,1H3,(H2,27,30). The van der Waals surface area contributed by atoms with Crippen LogP contribution in [0.4, 0.5) is 0 Å². The molecule has 0 spiro atoms. The fourth-order valence-corrected chi connectivity index (χ4v) is 3.85. The number of benzene rings is 1. The van der Waals surface area contributed by atoms with Gasteiger partial charge < -0.3 is 20.3 Å². The van der Waals surface area contributed by atoms with E-state index < -0.39 is 11.5 Å². The maximum atomic E-state index is 11.8. The monoisotopic (exact) mass is 447 g/mol. The Hall–Kier alpha value is -2.24. The number of nitrogens with two attached hydrogens (primary N) is 1. The van der Waals surface area contributed by atoms with Gasteiger partial charge in [0.05, 0.1) is 6.61 Å². The fraction of sp³-hybridized carbons (Fsp3) is 0.692. The van der Waals surface area contributed by atoms with E-state index in [0.29, 0.717) is 25.9 Å². The Labute approximate surface area is 192 Å². The number of rotatable bonds is 18. The van der Waals surface area contributed by atoms with E-state index in [0.717, 1.165) is 62.7 Å². The van der Waals surface area contributed by atoms with Crippen LogP contribution in [0.3, 0.4) is 0 Å². The second-order valence-corrected chi connectivity index (χ2v) is 9.05. The number of phenolic OH excluding ortho intramolecular Hbond substituents is 1. The average molecular weight is 448 g/mol. The van der Waals surface area contributed by atoms with Gasteiger partial charge in [-0.1, -0.05) is 58.3 Å². The Morgan fingerprint density at radius 1 is 0.938 bits per heavy atom.